The molecule has 0 aliphatic carbocycles. The van der Waals surface area contributed by atoms with E-state index in [1.54, 1.807) is 19.1 Å². The zero-order valence-corrected chi connectivity index (χ0v) is 6.95. The molecule has 3 heteroatoms. The van der Waals surface area contributed by atoms with Gasteiger partial charge in [-0.3, -0.25) is 4.79 Å². The first-order valence-electron chi connectivity index (χ1n) is 3.76. The minimum Gasteiger partial charge on any atom is -0.399 e. The van der Waals surface area contributed by atoms with Crippen LogP contribution in [-0.4, -0.2) is 5.91 Å². The topological polar surface area (TPSA) is 69.1 Å². The van der Waals surface area contributed by atoms with Gasteiger partial charge in [0.15, 0.2) is 0 Å². The second kappa shape index (κ2) is 3.26. The van der Waals surface area contributed by atoms with E-state index < -0.39 is 0 Å². The molecule has 0 bridgehead atoms. The summed E-state index contributed by atoms with van der Waals surface area (Å²) >= 11 is 0. The molecule has 0 saturated heterocycles. The van der Waals surface area contributed by atoms with Crippen molar-refractivity contribution in [2.45, 2.75) is 12.8 Å². The molecule has 3 nitrogen and oxygen atoms in total. The molecule has 4 N–H and O–H groups in total. The first-order valence-corrected chi connectivity index (χ1v) is 3.76. The van der Waals surface area contributed by atoms with E-state index in [4.69, 9.17) is 11.5 Å². The molecule has 64 valence electrons. The van der Waals surface area contributed by atoms with Crippen molar-refractivity contribution in [1.29, 1.82) is 0 Å². The number of nitrogen functional groups attached to an aromatic ring is 1. The molecule has 0 radical (unpaired) electrons. The Balaban J connectivity index is 2.95. The van der Waals surface area contributed by atoms with Gasteiger partial charge in [0.25, 0.3) is 0 Å². The number of amides is 1. The molecule has 1 atom stereocenters. The Kier molecular flexibility index (Phi) is 2.33. The third kappa shape index (κ3) is 1.75. The van der Waals surface area contributed by atoms with Gasteiger partial charge in [-0.25, -0.2) is 0 Å². The first-order chi connectivity index (χ1) is 5.61. The van der Waals surface area contributed by atoms with Gasteiger partial charge >= 0.3 is 0 Å². The normalized spacial score (nSPS) is 12.4. The molecule has 0 aliphatic rings. The molecule has 1 aromatic carbocycles. The van der Waals surface area contributed by atoms with Gasteiger partial charge in [-0.05, 0) is 24.6 Å². The Labute approximate surface area is 71.4 Å². The lowest BCUT2D eigenvalue weighted by atomic mass is 10.0. The number of hydrogen-bond acceptors (Lipinski definition) is 2. The average molecular weight is 164 g/mol. The fraction of sp³-hybridized carbons (Fsp3) is 0.222. The van der Waals surface area contributed by atoms with Crippen LogP contribution in [0.3, 0.4) is 0 Å². The fourth-order valence-electron chi connectivity index (χ4n) is 0.993. The number of carbonyl (C=O) groups is 1. The molecular formula is C9H12N2O. The summed E-state index contributed by atoms with van der Waals surface area (Å²) in [6.45, 7) is 1.76. The van der Waals surface area contributed by atoms with Crippen LogP contribution in [0.5, 0.6) is 0 Å². The highest BCUT2D eigenvalue weighted by molar-refractivity contribution is 5.81. The highest BCUT2D eigenvalue weighted by Crippen LogP contribution is 2.16. The van der Waals surface area contributed by atoms with Gasteiger partial charge < -0.3 is 11.5 Å². The van der Waals surface area contributed by atoms with E-state index in [0.29, 0.717) is 5.69 Å². The Morgan fingerprint density at radius 2 is 2.17 bits per heavy atom. The first kappa shape index (κ1) is 8.59. The molecule has 0 spiro atoms. The van der Waals surface area contributed by atoms with Crippen LogP contribution >= 0.6 is 0 Å². The molecule has 1 aromatic rings. The smallest absolute Gasteiger partial charge is 0.224 e. The lowest BCUT2D eigenvalue weighted by Crippen LogP contribution is -2.18. The summed E-state index contributed by atoms with van der Waals surface area (Å²) < 4.78 is 0. The van der Waals surface area contributed by atoms with Crippen molar-refractivity contribution in [3.05, 3.63) is 29.8 Å². The van der Waals surface area contributed by atoms with Crippen LogP contribution in [0.2, 0.25) is 0 Å². The van der Waals surface area contributed by atoms with E-state index in [1.165, 1.54) is 0 Å². The summed E-state index contributed by atoms with van der Waals surface area (Å²) in [5.41, 5.74) is 12.2. The molecule has 12 heavy (non-hydrogen) atoms. The minimum absolute atomic E-state index is 0.270. The number of anilines is 1. The summed E-state index contributed by atoms with van der Waals surface area (Å²) in [5, 5.41) is 0. The summed E-state index contributed by atoms with van der Waals surface area (Å²) in [6, 6.07) is 7.18. The molecule has 0 aromatic heterocycles. The van der Waals surface area contributed by atoms with Crippen molar-refractivity contribution in [3.8, 4) is 0 Å². The Bertz CT molecular complexity index is 296. The van der Waals surface area contributed by atoms with Crippen LogP contribution in [0.1, 0.15) is 18.4 Å². The SMILES string of the molecule is C[C@H](C(N)=O)c1cccc(N)c1. The number of primary amides is 1. The van der Waals surface area contributed by atoms with Crippen LogP contribution in [0.4, 0.5) is 5.69 Å². The zero-order chi connectivity index (χ0) is 9.14. The molecule has 0 fully saturated rings. The van der Waals surface area contributed by atoms with E-state index in [1.807, 2.05) is 12.1 Å². The van der Waals surface area contributed by atoms with Gasteiger partial charge in [0, 0.05) is 5.69 Å². The van der Waals surface area contributed by atoms with Gasteiger partial charge in [-0.1, -0.05) is 12.1 Å². The van der Waals surface area contributed by atoms with Crippen molar-refractivity contribution in [2.75, 3.05) is 5.73 Å². The lowest BCUT2D eigenvalue weighted by molar-refractivity contribution is -0.119. The quantitative estimate of drug-likeness (QED) is 0.636. The standard InChI is InChI=1S/C9H12N2O/c1-6(9(11)12)7-3-2-4-8(10)5-7/h2-6H,10H2,1H3,(H2,11,12)/t6-/m0/s1. The monoisotopic (exact) mass is 164 g/mol. The maximum Gasteiger partial charge on any atom is 0.224 e. The van der Waals surface area contributed by atoms with Gasteiger partial charge in [0.1, 0.15) is 0 Å². The number of carbonyl (C=O) groups excluding carboxylic acids is 1. The summed E-state index contributed by atoms with van der Waals surface area (Å²) in [4.78, 5) is 10.8. The molecule has 1 amide bonds. The zero-order valence-electron chi connectivity index (χ0n) is 6.95. The van der Waals surface area contributed by atoms with E-state index in [2.05, 4.69) is 0 Å². The van der Waals surface area contributed by atoms with Gasteiger partial charge in [-0.15, -0.1) is 0 Å². The van der Waals surface area contributed by atoms with E-state index in [9.17, 15) is 4.79 Å². The predicted molar refractivity (Wildman–Crippen MR) is 48.5 cm³/mol. The minimum atomic E-state index is -0.333. The number of benzene rings is 1. The summed E-state index contributed by atoms with van der Waals surface area (Å²) in [7, 11) is 0. The summed E-state index contributed by atoms with van der Waals surface area (Å²) in [6.07, 6.45) is 0. The molecular weight excluding hydrogens is 152 g/mol. The Morgan fingerprint density at radius 3 is 2.67 bits per heavy atom. The highest BCUT2D eigenvalue weighted by atomic mass is 16.1. The Morgan fingerprint density at radius 1 is 1.50 bits per heavy atom. The van der Waals surface area contributed by atoms with Crippen LogP contribution in [-0.2, 0) is 4.79 Å². The Hall–Kier alpha value is -1.51. The molecule has 1 rings (SSSR count). The van der Waals surface area contributed by atoms with Crippen molar-refractivity contribution < 1.29 is 4.79 Å². The summed E-state index contributed by atoms with van der Waals surface area (Å²) in [5.74, 6) is -0.603. The number of hydrogen-bond donors (Lipinski definition) is 2. The second-order valence-corrected chi connectivity index (χ2v) is 2.79. The van der Waals surface area contributed by atoms with Crippen molar-refractivity contribution in [3.63, 3.8) is 0 Å². The maximum atomic E-state index is 10.8. The van der Waals surface area contributed by atoms with Gasteiger partial charge in [-0.2, -0.15) is 0 Å². The van der Waals surface area contributed by atoms with Crippen LogP contribution in [0, 0.1) is 0 Å². The van der Waals surface area contributed by atoms with E-state index >= 15 is 0 Å². The lowest BCUT2D eigenvalue weighted by Gasteiger charge is -2.07. The third-order valence-corrected chi connectivity index (χ3v) is 1.84. The van der Waals surface area contributed by atoms with Crippen molar-refractivity contribution in [1.82, 2.24) is 0 Å². The van der Waals surface area contributed by atoms with Gasteiger partial charge in [0.2, 0.25) is 5.91 Å². The second-order valence-electron chi connectivity index (χ2n) is 2.79. The van der Waals surface area contributed by atoms with Crippen LogP contribution in [0.15, 0.2) is 24.3 Å². The maximum absolute atomic E-state index is 10.8. The molecule has 0 saturated carbocycles. The van der Waals surface area contributed by atoms with Crippen molar-refractivity contribution in [2.24, 2.45) is 5.73 Å². The molecule has 0 heterocycles. The largest absolute Gasteiger partial charge is 0.399 e. The van der Waals surface area contributed by atoms with E-state index in [-0.39, 0.29) is 11.8 Å². The van der Waals surface area contributed by atoms with E-state index in [0.717, 1.165) is 5.56 Å². The fourth-order valence-corrected chi connectivity index (χ4v) is 0.993. The average Bonchev–Trinajstić information content (AvgIpc) is 2.03. The number of rotatable bonds is 2. The highest BCUT2D eigenvalue weighted by Gasteiger charge is 2.10. The predicted octanol–water partition coefficient (Wildman–Crippen LogP) is 0.858. The molecule has 0 aliphatic heterocycles. The van der Waals surface area contributed by atoms with Gasteiger partial charge in [0.05, 0.1) is 5.92 Å². The third-order valence-electron chi connectivity index (χ3n) is 1.84. The van der Waals surface area contributed by atoms with Crippen LogP contribution in [0.25, 0.3) is 0 Å². The van der Waals surface area contributed by atoms with Crippen LogP contribution < -0.4 is 11.5 Å². The molecule has 0 unspecified atom stereocenters. The number of nitrogens with two attached hydrogens (primary N) is 2. The van der Waals surface area contributed by atoms with Crippen molar-refractivity contribution >= 4 is 11.6 Å².